The van der Waals surface area contributed by atoms with E-state index in [9.17, 15) is 5.11 Å². The quantitative estimate of drug-likeness (QED) is 0.649. The Morgan fingerprint density at radius 3 is 2.92 bits per heavy atom. The first kappa shape index (κ1) is 15.6. The largest absolute Gasteiger partial charge is 0.389 e. The van der Waals surface area contributed by atoms with Crippen LogP contribution in [0.15, 0.2) is 41.4 Å². The molecule has 24 heavy (non-hydrogen) atoms. The summed E-state index contributed by atoms with van der Waals surface area (Å²) in [6.07, 6.45) is 7.90. The number of halogens is 1. The van der Waals surface area contributed by atoms with Crippen LogP contribution in [-0.2, 0) is 6.54 Å². The second-order valence-corrected chi connectivity index (χ2v) is 7.18. The number of imidazole rings is 1. The van der Waals surface area contributed by atoms with Gasteiger partial charge in [-0.05, 0) is 65.4 Å². The van der Waals surface area contributed by atoms with Gasteiger partial charge in [-0.2, -0.15) is 0 Å². The number of rotatable bonds is 5. The van der Waals surface area contributed by atoms with Crippen LogP contribution in [0.25, 0.3) is 5.65 Å². The second kappa shape index (κ2) is 6.18. The summed E-state index contributed by atoms with van der Waals surface area (Å²) in [5, 5.41) is 13.5. The molecule has 0 bridgehead atoms. The zero-order valence-corrected chi connectivity index (χ0v) is 15.0. The molecule has 1 aliphatic carbocycles. The molecule has 3 heterocycles. The number of nitrogens with one attached hydrogen (secondary N) is 1. The first-order chi connectivity index (χ1) is 11.6. The number of pyridine rings is 2. The molecule has 1 aliphatic rings. The summed E-state index contributed by atoms with van der Waals surface area (Å²) in [6.45, 7) is 2.42. The van der Waals surface area contributed by atoms with Gasteiger partial charge in [0.05, 0.1) is 18.3 Å². The van der Waals surface area contributed by atoms with Crippen molar-refractivity contribution in [1.82, 2.24) is 14.4 Å². The fourth-order valence-corrected chi connectivity index (χ4v) is 3.30. The lowest BCUT2D eigenvalue weighted by Crippen LogP contribution is -2.00. The number of hydrogen-bond acceptors (Lipinski definition) is 4. The van der Waals surface area contributed by atoms with Crippen molar-refractivity contribution >= 4 is 27.3 Å². The van der Waals surface area contributed by atoms with Gasteiger partial charge in [0.1, 0.15) is 10.3 Å². The molecular weight excluding hydrogens is 368 g/mol. The van der Waals surface area contributed by atoms with Gasteiger partial charge in [-0.15, -0.1) is 0 Å². The number of hydrogen-bond donors (Lipinski definition) is 2. The van der Waals surface area contributed by atoms with Crippen LogP contribution >= 0.6 is 15.9 Å². The van der Waals surface area contributed by atoms with E-state index >= 15 is 0 Å². The van der Waals surface area contributed by atoms with E-state index in [0.717, 1.165) is 27.2 Å². The van der Waals surface area contributed by atoms with Crippen LogP contribution in [0.1, 0.15) is 48.6 Å². The first-order valence-electron chi connectivity index (χ1n) is 8.15. The maximum Gasteiger partial charge on any atom is 0.142 e. The highest BCUT2D eigenvalue weighted by molar-refractivity contribution is 9.10. The Hall–Kier alpha value is -1.92. The topological polar surface area (TPSA) is 62.5 Å². The summed E-state index contributed by atoms with van der Waals surface area (Å²) in [5.74, 6) is 0.644. The van der Waals surface area contributed by atoms with Gasteiger partial charge in [0.15, 0.2) is 0 Å². The molecule has 0 aromatic carbocycles. The van der Waals surface area contributed by atoms with E-state index in [1.807, 2.05) is 18.3 Å². The molecule has 3 aromatic heterocycles. The molecule has 0 radical (unpaired) electrons. The monoisotopic (exact) mass is 386 g/mol. The van der Waals surface area contributed by atoms with E-state index in [1.165, 1.54) is 18.4 Å². The summed E-state index contributed by atoms with van der Waals surface area (Å²) < 4.78 is 2.85. The van der Waals surface area contributed by atoms with Crippen LogP contribution < -0.4 is 5.32 Å². The molecule has 3 aromatic rings. The summed E-state index contributed by atoms with van der Waals surface area (Å²) >= 11 is 3.37. The number of aliphatic hydroxyl groups excluding tert-OH is 1. The highest BCUT2D eigenvalue weighted by atomic mass is 79.9. The molecule has 0 amide bonds. The Labute approximate surface area is 148 Å². The fourth-order valence-electron chi connectivity index (χ4n) is 2.94. The van der Waals surface area contributed by atoms with Gasteiger partial charge in [0.25, 0.3) is 0 Å². The lowest BCUT2D eigenvalue weighted by molar-refractivity contribution is 0.200. The molecule has 1 atom stereocenters. The maximum absolute atomic E-state index is 10.1. The normalized spacial score (nSPS) is 15.6. The van der Waals surface area contributed by atoms with Gasteiger partial charge < -0.3 is 14.8 Å². The van der Waals surface area contributed by atoms with E-state index in [-0.39, 0.29) is 0 Å². The van der Waals surface area contributed by atoms with Crippen LogP contribution in [0.2, 0.25) is 0 Å². The number of aliphatic hydroxyl groups is 1. The van der Waals surface area contributed by atoms with Gasteiger partial charge in [-0.3, -0.25) is 0 Å². The van der Waals surface area contributed by atoms with E-state index in [4.69, 9.17) is 4.98 Å². The molecule has 1 fully saturated rings. The Kier molecular flexibility index (Phi) is 4.02. The van der Waals surface area contributed by atoms with Gasteiger partial charge in [0, 0.05) is 29.8 Å². The fraction of sp³-hybridized carbons (Fsp3) is 0.333. The summed E-state index contributed by atoms with van der Waals surface area (Å²) in [4.78, 5) is 8.83. The van der Waals surface area contributed by atoms with E-state index in [1.54, 1.807) is 13.1 Å². The van der Waals surface area contributed by atoms with E-state index < -0.39 is 6.10 Å². The Morgan fingerprint density at radius 2 is 2.21 bits per heavy atom. The van der Waals surface area contributed by atoms with Crippen molar-refractivity contribution in [3.8, 4) is 0 Å². The molecule has 0 saturated heterocycles. The number of aromatic nitrogens is 3. The average Bonchev–Trinajstić information content (AvgIpc) is 3.32. The molecular formula is C18H19BrN4O. The minimum Gasteiger partial charge on any atom is -0.389 e. The van der Waals surface area contributed by atoms with Crippen molar-refractivity contribution < 1.29 is 5.11 Å². The lowest BCUT2D eigenvalue weighted by atomic mass is 10.1. The minimum atomic E-state index is -0.523. The van der Waals surface area contributed by atoms with Crippen molar-refractivity contribution in [2.24, 2.45) is 0 Å². The second-order valence-electron chi connectivity index (χ2n) is 6.36. The van der Waals surface area contributed by atoms with Gasteiger partial charge >= 0.3 is 0 Å². The third kappa shape index (κ3) is 3.16. The molecule has 4 rings (SSSR count). The van der Waals surface area contributed by atoms with Crippen molar-refractivity contribution in [3.05, 3.63) is 58.2 Å². The third-order valence-electron chi connectivity index (χ3n) is 4.35. The molecule has 1 unspecified atom stereocenters. The van der Waals surface area contributed by atoms with Gasteiger partial charge in [-0.25, -0.2) is 9.97 Å². The Morgan fingerprint density at radius 1 is 1.38 bits per heavy atom. The van der Waals surface area contributed by atoms with E-state index in [0.29, 0.717) is 12.5 Å². The SMILES string of the molecule is CC(O)c1cc(C2CC2)cn2cc(CNc3ccnc(Br)c3)nc12. The highest BCUT2D eigenvalue weighted by Gasteiger charge is 2.25. The van der Waals surface area contributed by atoms with Crippen molar-refractivity contribution in [1.29, 1.82) is 0 Å². The van der Waals surface area contributed by atoms with Crippen molar-refractivity contribution in [2.75, 3.05) is 5.32 Å². The van der Waals surface area contributed by atoms with Gasteiger partial charge in [0.2, 0.25) is 0 Å². The van der Waals surface area contributed by atoms with Crippen molar-refractivity contribution in [3.63, 3.8) is 0 Å². The molecule has 5 nitrogen and oxygen atoms in total. The number of nitrogens with zero attached hydrogens (tertiary/aromatic N) is 3. The van der Waals surface area contributed by atoms with Crippen molar-refractivity contribution in [2.45, 2.75) is 38.3 Å². The van der Waals surface area contributed by atoms with Crippen LogP contribution in [0.3, 0.4) is 0 Å². The predicted octanol–water partition coefficient (Wildman–Crippen LogP) is 4.03. The molecule has 6 heteroatoms. The molecule has 1 saturated carbocycles. The summed E-state index contributed by atoms with van der Waals surface area (Å²) in [7, 11) is 0. The predicted molar refractivity (Wildman–Crippen MR) is 97.1 cm³/mol. The smallest absolute Gasteiger partial charge is 0.142 e. The summed E-state index contributed by atoms with van der Waals surface area (Å²) in [5.41, 5.74) is 4.97. The lowest BCUT2D eigenvalue weighted by Gasteiger charge is -2.09. The van der Waals surface area contributed by atoms with E-state index in [2.05, 4.69) is 42.9 Å². The molecule has 0 aliphatic heterocycles. The average molecular weight is 387 g/mol. The van der Waals surface area contributed by atoms with Crippen LogP contribution in [-0.4, -0.2) is 19.5 Å². The minimum absolute atomic E-state index is 0.523. The molecule has 124 valence electrons. The summed E-state index contributed by atoms with van der Waals surface area (Å²) in [6, 6.07) is 5.97. The zero-order chi connectivity index (χ0) is 16.7. The molecule has 0 spiro atoms. The zero-order valence-electron chi connectivity index (χ0n) is 13.4. The number of anilines is 1. The molecule has 2 N–H and O–H groups in total. The Balaban J connectivity index is 1.63. The van der Waals surface area contributed by atoms with Crippen LogP contribution in [0.4, 0.5) is 5.69 Å². The number of fused-ring (bicyclic) bond motifs is 1. The maximum atomic E-state index is 10.1. The van der Waals surface area contributed by atoms with Gasteiger partial charge in [-0.1, -0.05) is 0 Å². The Bertz CT molecular complexity index is 886. The van der Waals surface area contributed by atoms with Crippen LogP contribution in [0, 0.1) is 0 Å². The first-order valence-corrected chi connectivity index (χ1v) is 8.94. The highest BCUT2D eigenvalue weighted by Crippen LogP contribution is 2.41. The third-order valence-corrected chi connectivity index (χ3v) is 4.78. The van der Waals surface area contributed by atoms with Crippen LogP contribution in [0.5, 0.6) is 0 Å². The standard InChI is InChI=1S/C18H19BrN4O/c1-11(24)16-6-13(12-2-3-12)9-23-10-15(22-18(16)23)8-21-14-4-5-20-17(19)7-14/h4-7,9-12,24H,2-3,8H2,1H3,(H,20,21).